The minimum absolute atomic E-state index is 0.0748. The van der Waals surface area contributed by atoms with E-state index in [2.05, 4.69) is 5.32 Å². The Balaban J connectivity index is 2.37. The monoisotopic (exact) mass is 293 g/mol. The van der Waals surface area contributed by atoms with Gasteiger partial charge >= 0.3 is 0 Å². The summed E-state index contributed by atoms with van der Waals surface area (Å²) >= 11 is 0. The average molecular weight is 293 g/mol. The number of hydrogen-bond acceptors (Lipinski definition) is 6. The van der Waals surface area contributed by atoms with E-state index in [1.165, 1.54) is 19.2 Å². The molecule has 1 aliphatic heterocycles. The van der Waals surface area contributed by atoms with E-state index in [1.54, 1.807) is 0 Å². The second kappa shape index (κ2) is 5.57. The zero-order valence-electron chi connectivity index (χ0n) is 11.0. The highest BCUT2D eigenvalue weighted by atomic mass is 16.6. The molecule has 0 aliphatic carbocycles. The third-order valence-corrected chi connectivity index (χ3v) is 2.86. The van der Waals surface area contributed by atoms with E-state index < -0.39 is 22.6 Å². The second-order valence-electron chi connectivity index (χ2n) is 4.27. The first-order valence-corrected chi connectivity index (χ1v) is 5.86. The molecule has 0 spiro atoms. The Morgan fingerprint density at radius 2 is 1.95 bits per heavy atom. The zero-order valence-corrected chi connectivity index (χ0v) is 11.0. The van der Waals surface area contributed by atoms with E-state index in [-0.39, 0.29) is 30.1 Å². The third kappa shape index (κ3) is 2.96. The van der Waals surface area contributed by atoms with Crippen LogP contribution in [0.3, 0.4) is 0 Å². The summed E-state index contributed by atoms with van der Waals surface area (Å²) in [7, 11) is 1.31. The van der Waals surface area contributed by atoms with Gasteiger partial charge in [0.25, 0.3) is 11.6 Å². The highest BCUT2D eigenvalue weighted by molar-refractivity contribution is 6.06. The number of carbonyl (C=O) groups excluding carboxylic acids is 3. The lowest BCUT2D eigenvalue weighted by molar-refractivity contribution is -0.384. The molecule has 9 nitrogen and oxygen atoms in total. The smallest absolute Gasteiger partial charge is 0.270 e. The van der Waals surface area contributed by atoms with Crippen molar-refractivity contribution in [1.29, 1.82) is 0 Å². The zero-order chi connectivity index (χ0) is 15.6. The van der Waals surface area contributed by atoms with Crippen LogP contribution in [0, 0.1) is 10.1 Å². The molecular formula is C12H11N3O6. The second-order valence-corrected chi connectivity index (χ2v) is 4.27. The van der Waals surface area contributed by atoms with Crippen LogP contribution in [-0.4, -0.2) is 47.7 Å². The van der Waals surface area contributed by atoms with Crippen molar-refractivity contribution >= 4 is 23.4 Å². The lowest BCUT2D eigenvalue weighted by atomic mass is 10.1. The van der Waals surface area contributed by atoms with Gasteiger partial charge < -0.3 is 9.64 Å². The van der Waals surface area contributed by atoms with E-state index in [0.29, 0.717) is 0 Å². The highest BCUT2D eigenvalue weighted by Crippen LogP contribution is 2.25. The predicted molar refractivity (Wildman–Crippen MR) is 68.7 cm³/mol. The van der Waals surface area contributed by atoms with Gasteiger partial charge in [0.2, 0.25) is 11.8 Å². The van der Waals surface area contributed by atoms with Crippen molar-refractivity contribution in [2.24, 2.45) is 0 Å². The summed E-state index contributed by atoms with van der Waals surface area (Å²) in [6.45, 7) is -0.590. The number of non-ortho nitro benzene ring substituents is 1. The van der Waals surface area contributed by atoms with Crippen molar-refractivity contribution in [2.45, 2.75) is 0 Å². The quantitative estimate of drug-likeness (QED) is 0.464. The SMILES string of the molecule is COc1ccc([N+](=O)[O-])cc1C(=O)N1CC(=O)NC(=O)C1. The fourth-order valence-electron chi connectivity index (χ4n) is 1.93. The van der Waals surface area contributed by atoms with Gasteiger partial charge in [-0.05, 0) is 6.07 Å². The molecule has 1 heterocycles. The summed E-state index contributed by atoms with van der Waals surface area (Å²) in [5.74, 6) is -1.77. The van der Waals surface area contributed by atoms with Gasteiger partial charge in [0.05, 0.1) is 17.6 Å². The van der Waals surface area contributed by atoms with Crippen LogP contribution in [-0.2, 0) is 9.59 Å². The molecule has 1 aliphatic rings. The summed E-state index contributed by atoms with van der Waals surface area (Å²) in [6, 6.07) is 3.54. The Hall–Kier alpha value is -2.97. The fourth-order valence-corrected chi connectivity index (χ4v) is 1.93. The number of imide groups is 1. The van der Waals surface area contributed by atoms with Gasteiger partial charge in [-0.3, -0.25) is 29.8 Å². The standard InChI is InChI=1S/C12H11N3O6/c1-21-9-3-2-7(15(19)20)4-8(9)12(18)14-5-10(16)13-11(17)6-14/h2-4H,5-6H2,1H3,(H,13,16,17). The van der Waals surface area contributed by atoms with Crippen LogP contribution in [0.1, 0.15) is 10.4 Å². The van der Waals surface area contributed by atoms with Gasteiger partial charge in [-0.15, -0.1) is 0 Å². The van der Waals surface area contributed by atoms with Gasteiger partial charge in [-0.1, -0.05) is 0 Å². The molecule has 0 bridgehead atoms. The number of carbonyl (C=O) groups is 3. The summed E-state index contributed by atoms with van der Waals surface area (Å²) in [6.07, 6.45) is 0. The molecule has 0 atom stereocenters. The number of methoxy groups -OCH3 is 1. The average Bonchev–Trinajstić information content (AvgIpc) is 2.44. The lowest BCUT2D eigenvalue weighted by Gasteiger charge is -2.25. The number of nitro groups is 1. The molecular weight excluding hydrogens is 282 g/mol. The molecule has 1 aromatic carbocycles. The van der Waals surface area contributed by atoms with Gasteiger partial charge in [0, 0.05) is 12.1 Å². The number of benzene rings is 1. The Morgan fingerprint density at radius 3 is 2.48 bits per heavy atom. The number of piperazine rings is 1. The number of hydrogen-bond donors (Lipinski definition) is 1. The van der Waals surface area contributed by atoms with Crippen LogP contribution in [0.15, 0.2) is 18.2 Å². The fraction of sp³-hybridized carbons (Fsp3) is 0.250. The van der Waals surface area contributed by atoms with E-state index in [9.17, 15) is 24.5 Å². The maximum atomic E-state index is 12.3. The van der Waals surface area contributed by atoms with Crippen LogP contribution in [0.25, 0.3) is 0 Å². The van der Waals surface area contributed by atoms with Gasteiger partial charge in [-0.2, -0.15) is 0 Å². The molecule has 21 heavy (non-hydrogen) atoms. The van der Waals surface area contributed by atoms with Crippen molar-refractivity contribution in [3.05, 3.63) is 33.9 Å². The maximum Gasteiger partial charge on any atom is 0.270 e. The molecule has 0 aromatic heterocycles. The number of amides is 3. The van der Waals surface area contributed by atoms with Crippen LogP contribution in [0.5, 0.6) is 5.75 Å². The maximum absolute atomic E-state index is 12.3. The van der Waals surface area contributed by atoms with Gasteiger partial charge in [0.15, 0.2) is 0 Å². The molecule has 1 aromatic rings. The Kier molecular flexibility index (Phi) is 3.83. The molecule has 110 valence electrons. The molecule has 1 N–H and O–H groups in total. The minimum atomic E-state index is -0.682. The molecule has 0 saturated carbocycles. The van der Waals surface area contributed by atoms with Crippen molar-refractivity contribution in [1.82, 2.24) is 10.2 Å². The number of nitrogens with zero attached hydrogens (tertiary/aromatic N) is 2. The summed E-state index contributed by atoms with van der Waals surface area (Å²) < 4.78 is 4.99. The lowest BCUT2D eigenvalue weighted by Crippen LogP contribution is -2.53. The number of nitro benzene ring substituents is 1. The van der Waals surface area contributed by atoms with Gasteiger partial charge in [-0.25, -0.2) is 0 Å². The topological polar surface area (TPSA) is 119 Å². The van der Waals surface area contributed by atoms with Crippen molar-refractivity contribution < 1.29 is 24.0 Å². The molecule has 0 unspecified atom stereocenters. The van der Waals surface area contributed by atoms with Crippen LogP contribution in [0.2, 0.25) is 0 Å². The largest absolute Gasteiger partial charge is 0.496 e. The first-order chi connectivity index (χ1) is 9.92. The van der Waals surface area contributed by atoms with Crippen molar-refractivity contribution in [3.63, 3.8) is 0 Å². The first-order valence-electron chi connectivity index (χ1n) is 5.86. The molecule has 1 fully saturated rings. The van der Waals surface area contributed by atoms with Crippen LogP contribution >= 0.6 is 0 Å². The Morgan fingerprint density at radius 1 is 1.33 bits per heavy atom. The number of ether oxygens (including phenoxy) is 1. The highest BCUT2D eigenvalue weighted by Gasteiger charge is 2.29. The summed E-state index contributed by atoms with van der Waals surface area (Å²) in [5.41, 5.74) is -0.360. The Labute approximate surface area is 118 Å². The number of rotatable bonds is 3. The third-order valence-electron chi connectivity index (χ3n) is 2.86. The molecule has 3 amide bonds. The summed E-state index contributed by atoms with van der Waals surface area (Å²) in [5, 5.41) is 12.8. The van der Waals surface area contributed by atoms with Crippen molar-refractivity contribution in [2.75, 3.05) is 20.2 Å². The Bertz CT molecular complexity index is 626. The summed E-state index contributed by atoms with van der Waals surface area (Å²) in [4.78, 5) is 46.0. The predicted octanol–water partition coefficient (Wildman–Crippen LogP) is -0.298. The van der Waals surface area contributed by atoms with Crippen LogP contribution < -0.4 is 10.1 Å². The molecule has 0 radical (unpaired) electrons. The molecule has 9 heteroatoms. The van der Waals surface area contributed by atoms with E-state index in [4.69, 9.17) is 4.74 Å². The van der Waals surface area contributed by atoms with E-state index in [0.717, 1.165) is 11.0 Å². The van der Waals surface area contributed by atoms with Crippen LogP contribution in [0.4, 0.5) is 5.69 Å². The van der Waals surface area contributed by atoms with E-state index in [1.807, 2.05) is 0 Å². The normalized spacial score (nSPS) is 14.6. The first kappa shape index (κ1) is 14.4. The molecule has 2 rings (SSSR count). The molecule has 1 saturated heterocycles. The minimum Gasteiger partial charge on any atom is -0.496 e. The van der Waals surface area contributed by atoms with Crippen molar-refractivity contribution in [3.8, 4) is 5.75 Å². The number of nitrogens with one attached hydrogen (secondary N) is 1. The van der Waals surface area contributed by atoms with E-state index >= 15 is 0 Å². The van der Waals surface area contributed by atoms with Gasteiger partial charge in [0.1, 0.15) is 18.8 Å².